The van der Waals surface area contributed by atoms with Gasteiger partial charge in [0.1, 0.15) is 5.82 Å². The number of nitrogens with zero attached hydrogens (tertiary/aromatic N) is 3. The van der Waals surface area contributed by atoms with Crippen molar-refractivity contribution in [2.75, 3.05) is 11.1 Å². The first-order valence-electron chi connectivity index (χ1n) is 4.67. The minimum atomic E-state index is -0.279. The molecule has 0 atom stereocenters. The zero-order chi connectivity index (χ0) is 11.5. The number of nitrogen functional groups attached to an aromatic ring is 1. The molecule has 0 aromatic carbocycles. The molecular weight excluding hydrogens is 206 g/mol. The lowest BCUT2D eigenvalue weighted by Crippen LogP contribution is -2.16. The third-order valence-electron chi connectivity index (χ3n) is 2.07. The molecule has 3 N–H and O–H groups in total. The predicted molar refractivity (Wildman–Crippen MR) is 59.8 cm³/mol. The summed E-state index contributed by atoms with van der Waals surface area (Å²) in [4.78, 5) is 19.5. The summed E-state index contributed by atoms with van der Waals surface area (Å²) in [5.41, 5.74) is 6.02. The zero-order valence-corrected chi connectivity index (χ0v) is 8.71. The van der Waals surface area contributed by atoms with Crippen molar-refractivity contribution in [1.82, 2.24) is 14.5 Å². The first-order valence-corrected chi connectivity index (χ1v) is 4.67. The molecule has 0 aliphatic heterocycles. The molecule has 2 rings (SSSR count). The van der Waals surface area contributed by atoms with Crippen LogP contribution in [0.25, 0.3) is 0 Å². The molecule has 82 valence electrons. The lowest BCUT2D eigenvalue weighted by molar-refractivity contribution is 0.101. The molecule has 6 nitrogen and oxygen atoms in total. The van der Waals surface area contributed by atoms with Gasteiger partial charge in [-0.05, 0) is 12.1 Å². The second-order valence-electron chi connectivity index (χ2n) is 3.29. The van der Waals surface area contributed by atoms with Crippen LogP contribution < -0.4 is 11.1 Å². The zero-order valence-electron chi connectivity index (χ0n) is 8.71. The average molecular weight is 217 g/mol. The Kier molecular flexibility index (Phi) is 2.55. The summed E-state index contributed by atoms with van der Waals surface area (Å²) >= 11 is 0. The van der Waals surface area contributed by atoms with Crippen molar-refractivity contribution < 1.29 is 4.79 Å². The van der Waals surface area contributed by atoms with Crippen molar-refractivity contribution in [3.8, 4) is 0 Å². The molecule has 6 heteroatoms. The minimum Gasteiger partial charge on any atom is -0.384 e. The van der Waals surface area contributed by atoms with Gasteiger partial charge in [0.15, 0.2) is 5.82 Å². The summed E-state index contributed by atoms with van der Waals surface area (Å²) in [7, 11) is 1.75. The maximum atomic E-state index is 11.7. The molecule has 0 saturated carbocycles. The van der Waals surface area contributed by atoms with E-state index in [-0.39, 0.29) is 5.91 Å². The van der Waals surface area contributed by atoms with E-state index in [0.717, 1.165) is 0 Å². The molecule has 16 heavy (non-hydrogen) atoms. The van der Waals surface area contributed by atoms with Gasteiger partial charge in [0.05, 0.1) is 11.9 Å². The van der Waals surface area contributed by atoms with E-state index in [1.165, 1.54) is 6.20 Å². The SMILES string of the molecule is Cn1ccnc1C(=O)Nc1ccc(N)nc1. The Morgan fingerprint density at radius 1 is 1.44 bits per heavy atom. The number of hydrogen-bond donors (Lipinski definition) is 2. The van der Waals surface area contributed by atoms with E-state index in [2.05, 4.69) is 15.3 Å². The summed E-state index contributed by atoms with van der Waals surface area (Å²) < 4.78 is 1.64. The number of carbonyl (C=O) groups excluding carboxylic acids is 1. The number of nitrogens with two attached hydrogens (primary N) is 1. The van der Waals surface area contributed by atoms with Crippen LogP contribution >= 0.6 is 0 Å². The van der Waals surface area contributed by atoms with E-state index < -0.39 is 0 Å². The van der Waals surface area contributed by atoms with Crippen LogP contribution in [0.3, 0.4) is 0 Å². The Labute approximate surface area is 92.1 Å². The second kappa shape index (κ2) is 4.01. The highest BCUT2D eigenvalue weighted by atomic mass is 16.2. The normalized spacial score (nSPS) is 10.1. The number of imidazole rings is 1. The van der Waals surface area contributed by atoms with Gasteiger partial charge in [-0.3, -0.25) is 4.79 Å². The number of aromatic nitrogens is 3. The fraction of sp³-hybridized carbons (Fsp3) is 0.100. The minimum absolute atomic E-state index is 0.279. The fourth-order valence-electron chi connectivity index (χ4n) is 1.25. The van der Waals surface area contributed by atoms with E-state index >= 15 is 0 Å². The smallest absolute Gasteiger partial charge is 0.291 e. The van der Waals surface area contributed by atoms with Crippen molar-refractivity contribution >= 4 is 17.4 Å². The van der Waals surface area contributed by atoms with E-state index in [1.807, 2.05) is 0 Å². The van der Waals surface area contributed by atoms with Crippen LogP contribution in [0.2, 0.25) is 0 Å². The molecule has 1 amide bonds. The summed E-state index contributed by atoms with van der Waals surface area (Å²) in [5, 5.41) is 2.67. The molecule has 2 aromatic heterocycles. The highest BCUT2D eigenvalue weighted by Gasteiger charge is 2.10. The molecule has 0 radical (unpaired) electrons. The molecule has 2 aromatic rings. The number of hydrogen-bond acceptors (Lipinski definition) is 4. The summed E-state index contributed by atoms with van der Waals surface area (Å²) in [6, 6.07) is 3.30. The van der Waals surface area contributed by atoms with E-state index in [4.69, 9.17) is 5.73 Å². The summed E-state index contributed by atoms with van der Waals surface area (Å²) in [6.45, 7) is 0. The number of aryl methyl sites for hydroxylation is 1. The van der Waals surface area contributed by atoms with Gasteiger partial charge in [0.25, 0.3) is 5.91 Å². The standard InChI is InChI=1S/C10H11N5O/c1-15-5-4-12-9(15)10(16)14-7-2-3-8(11)13-6-7/h2-6H,1H3,(H2,11,13)(H,14,16). The van der Waals surface area contributed by atoms with Crippen LogP contribution in [0.1, 0.15) is 10.6 Å². The van der Waals surface area contributed by atoms with Gasteiger partial charge < -0.3 is 15.6 Å². The van der Waals surface area contributed by atoms with Crippen molar-refractivity contribution in [2.24, 2.45) is 7.05 Å². The van der Waals surface area contributed by atoms with Gasteiger partial charge in [-0.1, -0.05) is 0 Å². The monoisotopic (exact) mass is 217 g/mol. The van der Waals surface area contributed by atoms with Gasteiger partial charge in [0, 0.05) is 19.4 Å². The van der Waals surface area contributed by atoms with Gasteiger partial charge in [0.2, 0.25) is 0 Å². The van der Waals surface area contributed by atoms with Crippen LogP contribution in [-0.2, 0) is 7.05 Å². The highest BCUT2D eigenvalue weighted by molar-refractivity contribution is 6.01. The Balaban J connectivity index is 2.14. The fourth-order valence-corrected chi connectivity index (χ4v) is 1.25. The first-order chi connectivity index (χ1) is 7.66. The van der Waals surface area contributed by atoms with Gasteiger partial charge in [-0.2, -0.15) is 0 Å². The topological polar surface area (TPSA) is 85.8 Å². The van der Waals surface area contributed by atoms with E-state index in [9.17, 15) is 4.79 Å². The van der Waals surface area contributed by atoms with Crippen LogP contribution in [0.4, 0.5) is 11.5 Å². The third-order valence-corrected chi connectivity index (χ3v) is 2.07. The molecule has 0 aliphatic rings. The van der Waals surface area contributed by atoms with Crippen molar-refractivity contribution in [2.45, 2.75) is 0 Å². The third kappa shape index (κ3) is 2.00. The second-order valence-corrected chi connectivity index (χ2v) is 3.29. The predicted octanol–water partition coefficient (Wildman–Crippen LogP) is 0.650. The quantitative estimate of drug-likeness (QED) is 0.773. The van der Waals surface area contributed by atoms with Gasteiger partial charge >= 0.3 is 0 Å². The summed E-state index contributed by atoms with van der Waals surface area (Å²) in [6.07, 6.45) is 4.77. The average Bonchev–Trinajstić information content (AvgIpc) is 2.68. The number of pyridine rings is 1. The van der Waals surface area contributed by atoms with E-state index in [0.29, 0.717) is 17.3 Å². The lowest BCUT2D eigenvalue weighted by atomic mass is 10.4. The number of rotatable bonds is 2. The van der Waals surface area contributed by atoms with Crippen LogP contribution in [0.5, 0.6) is 0 Å². The molecule has 0 unspecified atom stereocenters. The van der Waals surface area contributed by atoms with Crippen molar-refractivity contribution in [1.29, 1.82) is 0 Å². The Hall–Kier alpha value is -2.37. The molecule has 2 heterocycles. The molecule has 0 aliphatic carbocycles. The van der Waals surface area contributed by atoms with Gasteiger partial charge in [-0.15, -0.1) is 0 Å². The summed E-state index contributed by atoms with van der Waals surface area (Å²) in [5.74, 6) is 0.478. The highest BCUT2D eigenvalue weighted by Crippen LogP contribution is 2.08. The first kappa shape index (κ1) is 10.2. The number of anilines is 2. The maximum absolute atomic E-state index is 11.7. The van der Waals surface area contributed by atoms with Gasteiger partial charge in [-0.25, -0.2) is 9.97 Å². The molecule has 0 fully saturated rings. The Bertz CT molecular complexity index is 502. The Morgan fingerprint density at radius 3 is 2.81 bits per heavy atom. The number of carbonyl (C=O) groups is 1. The Morgan fingerprint density at radius 2 is 2.25 bits per heavy atom. The van der Waals surface area contributed by atoms with E-state index in [1.54, 1.807) is 36.1 Å². The molecule has 0 saturated heterocycles. The van der Waals surface area contributed by atoms with Crippen LogP contribution in [0, 0.1) is 0 Å². The number of amides is 1. The lowest BCUT2D eigenvalue weighted by Gasteiger charge is -2.04. The maximum Gasteiger partial charge on any atom is 0.291 e. The molecule has 0 spiro atoms. The largest absolute Gasteiger partial charge is 0.384 e. The molecular formula is C10H11N5O. The molecule has 0 bridgehead atoms. The van der Waals surface area contributed by atoms with Crippen molar-refractivity contribution in [3.63, 3.8) is 0 Å². The van der Waals surface area contributed by atoms with Crippen LogP contribution in [-0.4, -0.2) is 20.4 Å². The van der Waals surface area contributed by atoms with Crippen LogP contribution in [0.15, 0.2) is 30.7 Å². The van der Waals surface area contributed by atoms with Crippen molar-refractivity contribution in [3.05, 3.63) is 36.5 Å². The number of nitrogens with one attached hydrogen (secondary N) is 1.